The van der Waals surface area contributed by atoms with Crippen molar-refractivity contribution >= 4 is 12.6 Å². The van der Waals surface area contributed by atoms with Gasteiger partial charge in [0.05, 0.1) is 19.3 Å². The molecule has 1 atom stereocenters. The van der Waals surface area contributed by atoms with E-state index in [1.165, 1.54) is 6.42 Å². The third-order valence-corrected chi connectivity index (χ3v) is 2.30. The number of hydrogen-bond donors (Lipinski definition) is 1. The molecule has 1 heterocycles. The predicted molar refractivity (Wildman–Crippen MR) is 52.8 cm³/mol. The van der Waals surface area contributed by atoms with Gasteiger partial charge in [0, 0.05) is 12.4 Å². The first-order valence-electron chi connectivity index (χ1n) is 4.30. The maximum Gasteiger partial charge on any atom is 0.0809 e. The van der Waals surface area contributed by atoms with Crippen LogP contribution in [0.3, 0.4) is 0 Å². The first-order chi connectivity index (χ1) is 5.83. The molecule has 0 aromatic carbocycles. The fourth-order valence-electron chi connectivity index (χ4n) is 1.16. The van der Waals surface area contributed by atoms with E-state index >= 15 is 0 Å². The molecule has 0 bridgehead atoms. The number of rotatable bonds is 5. The molecule has 0 aromatic rings. The Morgan fingerprint density at radius 2 is 2.50 bits per heavy atom. The lowest BCUT2D eigenvalue weighted by Crippen LogP contribution is -2.15. The Labute approximate surface area is 79.3 Å². The quantitative estimate of drug-likeness (QED) is 0.522. The van der Waals surface area contributed by atoms with Gasteiger partial charge in [0.25, 0.3) is 0 Å². The van der Waals surface area contributed by atoms with Crippen LogP contribution in [0.5, 0.6) is 0 Å². The molecule has 12 heavy (non-hydrogen) atoms. The Kier molecular flexibility index (Phi) is 4.73. The van der Waals surface area contributed by atoms with Crippen LogP contribution in [0.4, 0.5) is 0 Å². The van der Waals surface area contributed by atoms with Crippen LogP contribution in [-0.2, 0) is 9.47 Å². The summed E-state index contributed by atoms with van der Waals surface area (Å²) in [5.41, 5.74) is 1.02. The SMILES string of the molecule is C=C(CS)COCC1CCCO1. The third kappa shape index (κ3) is 3.61. The summed E-state index contributed by atoms with van der Waals surface area (Å²) in [7, 11) is 0. The van der Waals surface area contributed by atoms with Crippen molar-refractivity contribution < 1.29 is 9.47 Å². The second-order valence-electron chi connectivity index (χ2n) is 3.06. The van der Waals surface area contributed by atoms with Gasteiger partial charge < -0.3 is 9.47 Å². The molecule has 70 valence electrons. The lowest BCUT2D eigenvalue weighted by molar-refractivity contribution is 0.0249. The van der Waals surface area contributed by atoms with Gasteiger partial charge in [-0.25, -0.2) is 0 Å². The molecule has 1 saturated heterocycles. The smallest absolute Gasteiger partial charge is 0.0809 e. The minimum atomic E-state index is 0.317. The zero-order valence-corrected chi connectivity index (χ0v) is 8.19. The molecule has 0 aliphatic carbocycles. The highest BCUT2D eigenvalue weighted by Crippen LogP contribution is 2.12. The molecule has 0 spiro atoms. The molecule has 0 radical (unpaired) electrons. The molecule has 0 N–H and O–H groups in total. The summed E-state index contributed by atoms with van der Waals surface area (Å²) in [6.07, 6.45) is 2.62. The van der Waals surface area contributed by atoms with Crippen LogP contribution in [0.25, 0.3) is 0 Å². The van der Waals surface area contributed by atoms with Gasteiger partial charge in [-0.15, -0.1) is 0 Å². The normalized spacial score (nSPS) is 22.9. The fourth-order valence-corrected chi connectivity index (χ4v) is 1.25. The van der Waals surface area contributed by atoms with E-state index in [4.69, 9.17) is 9.47 Å². The van der Waals surface area contributed by atoms with Crippen molar-refractivity contribution in [3.63, 3.8) is 0 Å². The number of thiol groups is 1. The highest BCUT2D eigenvalue weighted by Gasteiger charge is 2.14. The summed E-state index contributed by atoms with van der Waals surface area (Å²) >= 11 is 4.09. The first-order valence-corrected chi connectivity index (χ1v) is 4.93. The van der Waals surface area contributed by atoms with Crippen molar-refractivity contribution in [3.05, 3.63) is 12.2 Å². The molecule has 2 nitrogen and oxygen atoms in total. The van der Waals surface area contributed by atoms with Crippen molar-refractivity contribution in [2.75, 3.05) is 25.6 Å². The monoisotopic (exact) mass is 188 g/mol. The first kappa shape index (κ1) is 10.1. The Bertz CT molecular complexity index is 141. The lowest BCUT2D eigenvalue weighted by atomic mass is 10.2. The molecular formula is C9H16O2S. The number of hydrogen-bond acceptors (Lipinski definition) is 3. The topological polar surface area (TPSA) is 18.5 Å². The molecule has 1 fully saturated rings. The van der Waals surface area contributed by atoms with Gasteiger partial charge in [-0.05, 0) is 18.4 Å². The summed E-state index contributed by atoms with van der Waals surface area (Å²) in [4.78, 5) is 0. The van der Waals surface area contributed by atoms with Gasteiger partial charge in [0.15, 0.2) is 0 Å². The lowest BCUT2D eigenvalue weighted by Gasteiger charge is -2.10. The second kappa shape index (κ2) is 5.62. The van der Waals surface area contributed by atoms with Gasteiger partial charge >= 0.3 is 0 Å². The van der Waals surface area contributed by atoms with Crippen molar-refractivity contribution in [2.24, 2.45) is 0 Å². The Morgan fingerprint density at radius 1 is 1.67 bits per heavy atom. The minimum Gasteiger partial charge on any atom is -0.376 e. The van der Waals surface area contributed by atoms with E-state index in [0.717, 1.165) is 18.6 Å². The van der Waals surface area contributed by atoms with E-state index in [-0.39, 0.29) is 0 Å². The second-order valence-corrected chi connectivity index (χ2v) is 3.37. The van der Waals surface area contributed by atoms with E-state index in [0.29, 0.717) is 25.1 Å². The maximum absolute atomic E-state index is 5.40. The van der Waals surface area contributed by atoms with E-state index in [1.807, 2.05) is 0 Å². The van der Waals surface area contributed by atoms with Crippen molar-refractivity contribution in [1.29, 1.82) is 0 Å². The maximum atomic E-state index is 5.40. The van der Waals surface area contributed by atoms with Crippen molar-refractivity contribution in [3.8, 4) is 0 Å². The summed E-state index contributed by atoms with van der Waals surface area (Å²) in [6.45, 7) is 6.00. The molecule has 0 saturated carbocycles. The molecule has 0 amide bonds. The zero-order chi connectivity index (χ0) is 8.81. The molecule has 1 aliphatic rings. The van der Waals surface area contributed by atoms with Crippen LogP contribution in [0, 0.1) is 0 Å². The molecule has 3 heteroatoms. The van der Waals surface area contributed by atoms with Crippen molar-refractivity contribution in [1.82, 2.24) is 0 Å². The molecule has 1 aliphatic heterocycles. The summed E-state index contributed by atoms with van der Waals surface area (Å²) in [5, 5.41) is 0. The van der Waals surface area contributed by atoms with Gasteiger partial charge in [0.2, 0.25) is 0 Å². The van der Waals surface area contributed by atoms with E-state index in [2.05, 4.69) is 19.2 Å². The molecule has 1 unspecified atom stereocenters. The van der Waals surface area contributed by atoms with E-state index in [9.17, 15) is 0 Å². The fraction of sp³-hybridized carbons (Fsp3) is 0.778. The number of ether oxygens (including phenoxy) is 2. The summed E-state index contributed by atoms with van der Waals surface area (Å²) in [5.74, 6) is 0.700. The van der Waals surface area contributed by atoms with Crippen LogP contribution in [0.2, 0.25) is 0 Å². The van der Waals surface area contributed by atoms with Gasteiger partial charge in [-0.1, -0.05) is 6.58 Å². The Balaban J connectivity index is 1.97. The Morgan fingerprint density at radius 3 is 3.08 bits per heavy atom. The minimum absolute atomic E-state index is 0.317. The summed E-state index contributed by atoms with van der Waals surface area (Å²) in [6, 6.07) is 0. The van der Waals surface area contributed by atoms with Crippen LogP contribution in [0.15, 0.2) is 12.2 Å². The standard InChI is InChI=1S/C9H16O2S/c1-8(7-12)5-10-6-9-3-2-4-11-9/h9,12H,1-7H2. The van der Waals surface area contributed by atoms with Crippen LogP contribution in [0.1, 0.15) is 12.8 Å². The van der Waals surface area contributed by atoms with E-state index < -0.39 is 0 Å². The van der Waals surface area contributed by atoms with Crippen LogP contribution < -0.4 is 0 Å². The Hall–Kier alpha value is 0.01000. The van der Waals surface area contributed by atoms with Crippen LogP contribution in [-0.4, -0.2) is 31.7 Å². The average molecular weight is 188 g/mol. The highest BCUT2D eigenvalue weighted by atomic mass is 32.1. The molecule has 1 rings (SSSR count). The van der Waals surface area contributed by atoms with Crippen LogP contribution >= 0.6 is 12.6 Å². The van der Waals surface area contributed by atoms with Gasteiger partial charge in [-0.2, -0.15) is 12.6 Å². The van der Waals surface area contributed by atoms with Gasteiger partial charge in [0.1, 0.15) is 0 Å². The average Bonchev–Trinajstić information content (AvgIpc) is 2.57. The third-order valence-electron chi connectivity index (χ3n) is 1.86. The molecule has 0 aromatic heterocycles. The zero-order valence-electron chi connectivity index (χ0n) is 7.29. The van der Waals surface area contributed by atoms with Gasteiger partial charge in [-0.3, -0.25) is 0 Å². The highest BCUT2D eigenvalue weighted by molar-refractivity contribution is 7.80. The predicted octanol–water partition coefficient (Wildman–Crippen LogP) is 1.67. The summed E-state index contributed by atoms with van der Waals surface area (Å²) < 4.78 is 10.8. The molecular weight excluding hydrogens is 172 g/mol. The largest absolute Gasteiger partial charge is 0.376 e. The van der Waals surface area contributed by atoms with Crippen molar-refractivity contribution in [2.45, 2.75) is 18.9 Å². The van der Waals surface area contributed by atoms with E-state index in [1.54, 1.807) is 0 Å².